The number of fused-ring (bicyclic) bond motifs is 5. The first kappa shape index (κ1) is 40.2. The average Bonchev–Trinajstić information content (AvgIpc) is 4.03. The van der Waals surface area contributed by atoms with E-state index in [1.54, 1.807) is 25.1 Å². The zero-order valence-electron chi connectivity index (χ0n) is 31.7. The summed E-state index contributed by atoms with van der Waals surface area (Å²) in [5.41, 5.74) is -2.71. The number of carbonyl (C=O) groups is 4. The van der Waals surface area contributed by atoms with Gasteiger partial charge in [-0.3, -0.25) is 19.1 Å². The minimum absolute atomic E-state index is 0.0361. The van der Waals surface area contributed by atoms with Crippen molar-refractivity contribution in [3.05, 3.63) is 46.6 Å². The van der Waals surface area contributed by atoms with Crippen molar-refractivity contribution in [3.63, 3.8) is 0 Å². The minimum Gasteiger partial charge on any atom is -0.483 e. The number of alkyl carbamates (subject to hydrolysis) is 1. The molecule has 4 amide bonds. The summed E-state index contributed by atoms with van der Waals surface area (Å²) >= 11 is 6.29. The van der Waals surface area contributed by atoms with Crippen LogP contribution >= 0.6 is 11.6 Å². The largest absolute Gasteiger partial charge is 0.483 e. The second-order valence-corrected chi connectivity index (χ2v) is 19.3. The Labute approximate surface area is 329 Å². The lowest BCUT2D eigenvalue weighted by atomic mass is 9.87. The highest BCUT2D eigenvalue weighted by Crippen LogP contribution is 2.50. The van der Waals surface area contributed by atoms with Gasteiger partial charge in [0.15, 0.2) is 5.75 Å². The molecule has 56 heavy (non-hydrogen) atoms. The average molecular weight is 820 g/mol. The number of nitrogens with zero attached hydrogens (tertiary/aromatic N) is 2. The van der Waals surface area contributed by atoms with Crippen molar-refractivity contribution in [1.29, 1.82) is 0 Å². The Bertz CT molecular complexity index is 2080. The molecule has 4 heterocycles. The number of benzene rings is 1. The number of carbonyl (C=O) groups excluding carboxylic acids is 4. The third-order valence-electron chi connectivity index (χ3n) is 11.8. The van der Waals surface area contributed by atoms with E-state index >= 15 is 0 Å². The summed E-state index contributed by atoms with van der Waals surface area (Å²) in [5.74, 6) is -2.81. The van der Waals surface area contributed by atoms with Crippen LogP contribution in [0.3, 0.4) is 0 Å². The van der Waals surface area contributed by atoms with E-state index in [9.17, 15) is 36.4 Å². The lowest BCUT2D eigenvalue weighted by Gasteiger charge is -2.37. The fourth-order valence-corrected chi connectivity index (χ4v) is 9.59. The Hall–Kier alpha value is -4.05. The lowest BCUT2D eigenvalue weighted by Crippen LogP contribution is -2.58. The van der Waals surface area contributed by atoms with Gasteiger partial charge in [0.2, 0.25) is 21.8 Å². The highest BCUT2D eigenvalue weighted by molar-refractivity contribution is 7.91. The van der Waals surface area contributed by atoms with E-state index in [0.29, 0.717) is 53.6 Å². The standard InChI is InChI=1S/C39H48ClF2N5O8S/c1-22(2)20-54-36(51)44-28-10-8-6-4-5-7-9-23-18-39(23,35(50)46-56(52,53)37(3)15-16-37)45-33(48)29-19-38(21-47(29)34(28)49)14-13-25-26-17-24(40)11-12-27(26)43-30(32(41)42)31(25)55-38/h7,9,11-12,17,22-23,28-29,32H,4-6,8,10,13-16,18-21H2,1-3H3,(H,44,51)(H,45,48)(H,46,50). The zero-order chi connectivity index (χ0) is 40.2. The first-order valence-corrected chi connectivity index (χ1v) is 21.2. The smallest absolute Gasteiger partial charge is 0.407 e. The van der Waals surface area contributed by atoms with Gasteiger partial charge in [-0.05, 0) is 82.4 Å². The SMILES string of the molecule is CC(C)COC(=O)NC1CCCCCC=CC2CC2(C(=O)NS(=O)(=O)C2(C)CC2)NC(=O)C2CC3(CCc4c(c(C(F)F)nc5ccc(Cl)cc45)O3)CN2C1=O. The Morgan fingerprint density at radius 2 is 1.91 bits per heavy atom. The number of aromatic nitrogens is 1. The Morgan fingerprint density at radius 3 is 2.62 bits per heavy atom. The molecule has 1 aromatic carbocycles. The zero-order valence-corrected chi connectivity index (χ0v) is 33.2. The van der Waals surface area contributed by atoms with Gasteiger partial charge in [-0.1, -0.05) is 50.4 Å². The summed E-state index contributed by atoms with van der Waals surface area (Å²) in [6, 6.07) is 2.38. The van der Waals surface area contributed by atoms with Crippen molar-refractivity contribution in [2.75, 3.05) is 13.2 Å². The van der Waals surface area contributed by atoms with Gasteiger partial charge in [-0.2, -0.15) is 0 Å². The highest BCUT2D eigenvalue weighted by atomic mass is 35.5. The number of aryl methyl sites for hydroxylation is 1. The van der Waals surface area contributed by atoms with Crippen LogP contribution in [0, 0.1) is 11.8 Å². The number of hydrogen-bond donors (Lipinski definition) is 3. The summed E-state index contributed by atoms with van der Waals surface area (Å²) in [4.78, 5) is 61.6. The van der Waals surface area contributed by atoms with E-state index in [1.165, 1.54) is 4.90 Å². The molecule has 1 spiro atoms. The lowest BCUT2D eigenvalue weighted by molar-refractivity contribution is -0.141. The maximum absolute atomic E-state index is 14.7. The van der Waals surface area contributed by atoms with Gasteiger partial charge >= 0.3 is 6.09 Å². The molecule has 7 rings (SSSR count). The molecule has 0 radical (unpaired) electrons. The van der Waals surface area contributed by atoms with Crippen LogP contribution in [0.1, 0.15) is 103 Å². The molecule has 17 heteroatoms. The van der Waals surface area contributed by atoms with Crippen LogP contribution in [-0.4, -0.2) is 83.2 Å². The van der Waals surface area contributed by atoms with Crippen LogP contribution in [0.2, 0.25) is 5.02 Å². The van der Waals surface area contributed by atoms with Crippen molar-refractivity contribution in [1.82, 2.24) is 25.2 Å². The number of ether oxygens (including phenoxy) is 2. The fraction of sp³-hybridized carbons (Fsp3) is 0.615. The van der Waals surface area contributed by atoms with Gasteiger partial charge in [-0.25, -0.2) is 27.0 Å². The van der Waals surface area contributed by atoms with Crippen molar-refractivity contribution >= 4 is 56.3 Å². The molecule has 5 aliphatic rings. The molecule has 304 valence electrons. The maximum atomic E-state index is 14.7. The van der Waals surface area contributed by atoms with Crippen molar-refractivity contribution in [3.8, 4) is 5.75 Å². The van der Waals surface area contributed by atoms with Gasteiger partial charge in [0.05, 0.1) is 23.4 Å². The molecule has 1 aromatic heterocycles. The van der Waals surface area contributed by atoms with Crippen LogP contribution in [0.25, 0.3) is 10.9 Å². The molecule has 5 unspecified atom stereocenters. The monoisotopic (exact) mass is 819 g/mol. The maximum Gasteiger partial charge on any atom is 0.407 e. The van der Waals surface area contributed by atoms with Crippen LogP contribution < -0.4 is 20.1 Å². The van der Waals surface area contributed by atoms with Crippen molar-refractivity contribution in [2.45, 2.75) is 126 Å². The quantitative estimate of drug-likeness (QED) is 0.299. The molecule has 2 saturated carbocycles. The predicted molar refractivity (Wildman–Crippen MR) is 203 cm³/mol. The van der Waals surface area contributed by atoms with Crippen LogP contribution in [-0.2, 0) is 35.6 Å². The number of amides is 4. The van der Waals surface area contributed by atoms with Gasteiger partial charge < -0.3 is 25.0 Å². The van der Waals surface area contributed by atoms with Gasteiger partial charge in [-0.15, -0.1) is 0 Å². The predicted octanol–water partition coefficient (Wildman–Crippen LogP) is 5.64. The van der Waals surface area contributed by atoms with Crippen LogP contribution in [0.4, 0.5) is 13.6 Å². The normalized spacial score (nSPS) is 28.7. The fourth-order valence-electron chi connectivity index (χ4n) is 8.10. The molecule has 2 aliphatic carbocycles. The minimum atomic E-state index is -4.05. The molecule has 3 fully saturated rings. The molecule has 0 bridgehead atoms. The summed E-state index contributed by atoms with van der Waals surface area (Å²) in [7, 11) is -4.05. The molecule has 3 aliphatic heterocycles. The third kappa shape index (κ3) is 7.79. The Kier molecular flexibility index (Phi) is 10.8. The molecule has 3 N–H and O–H groups in total. The van der Waals surface area contributed by atoms with Crippen LogP contribution in [0.5, 0.6) is 5.75 Å². The van der Waals surface area contributed by atoms with Gasteiger partial charge in [0.25, 0.3) is 12.3 Å². The Morgan fingerprint density at radius 1 is 1.14 bits per heavy atom. The van der Waals surface area contributed by atoms with E-state index in [1.807, 2.05) is 26.0 Å². The number of pyridine rings is 1. The first-order valence-electron chi connectivity index (χ1n) is 19.3. The number of sulfonamides is 1. The van der Waals surface area contributed by atoms with Gasteiger partial charge in [0, 0.05) is 28.3 Å². The second kappa shape index (κ2) is 15.0. The number of hydrogen-bond acceptors (Lipinski definition) is 9. The molecular weight excluding hydrogens is 772 g/mol. The van der Waals surface area contributed by atoms with E-state index in [4.69, 9.17) is 21.1 Å². The van der Waals surface area contributed by atoms with Crippen molar-refractivity contribution < 1.29 is 45.9 Å². The number of rotatable bonds is 7. The summed E-state index contributed by atoms with van der Waals surface area (Å²) in [5, 5.41) is 6.47. The molecule has 5 atom stereocenters. The van der Waals surface area contributed by atoms with E-state index in [-0.39, 0.29) is 56.9 Å². The van der Waals surface area contributed by atoms with Crippen molar-refractivity contribution in [2.24, 2.45) is 11.8 Å². The Balaban J connectivity index is 1.25. The van der Waals surface area contributed by atoms with E-state index in [0.717, 1.165) is 6.42 Å². The number of allylic oxidation sites excluding steroid dienone is 1. The molecule has 2 aromatic rings. The topological polar surface area (TPSA) is 173 Å². The summed E-state index contributed by atoms with van der Waals surface area (Å²) in [6.45, 7) is 5.22. The van der Waals surface area contributed by atoms with E-state index in [2.05, 4.69) is 20.3 Å². The second-order valence-electron chi connectivity index (χ2n) is 16.6. The molecule has 1 saturated heterocycles. The third-order valence-corrected chi connectivity index (χ3v) is 14.2. The van der Waals surface area contributed by atoms with Crippen LogP contribution in [0.15, 0.2) is 30.4 Å². The van der Waals surface area contributed by atoms with Gasteiger partial charge in [0.1, 0.15) is 28.9 Å². The molecule has 13 nitrogen and oxygen atoms in total. The van der Waals surface area contributed by atoms with E-state index < -0.39 is 79.8 Å². The number of halogens is 3. The number of alkyl halides is 2. The molecular formula is C39H48ClF2N5O8S. The first-order chi connectivity index (χ1) is 26.5. The summed E-state index contributed by atoms with van der Waals surface area (Å²) in [6.07, 6.45) is 4.05. The number of nitrogens with one attached hydrogen (secondary N) is 3. The highest BCUT2D eigenvalue weighted by Gasteiger charge is 2.64. The summed E-state index contributed by atoms with van der Waals surface area (Å²) < 4.78 is 68.6.